The number of piperidine rings is 1. The Morgan fingerprint density at radius 2 is 1.84 bits per heavy atom. The number of amides is 1. The number of halogens is 2. The van der Waals surface area contributed by atoms with Crippen LogP contribution in [0.5, 0.6) is 0 Å². The molecule has 2 saturated carbocycles. The van der Waals surface area contributed by atoms with E-state index in [2.05, 4.69) is 20.6 Å². The number of ether oxygens (including phenoxy) is 1. The Morgan fingerprint density at radius 1 is 1.11 bits per heavy atom. The van der Waals surface area contributed by atoms with E-state index >= 15 is 0 Å². The number of pyridine rings is 1. The standard InChI is InChI=1S/C28H33F2N5O3/c29-26(30)28(37)12-13-31-21(14-28)19-10-11-20-24(32-19)35-25(33-20)23(22(17-6-7-17)18-8-9-18)34-27(36)38-15-16-4-2-1-3-5-16/h1-5,10-11,17-18,21-23,26,31,37H,6-9,12-15H2,(H,34,36)(H,32,33,35)/t21-,23?,28+/m0/s1. The van der Waals surface area contributed by atoms with Crippen molar-refractivity contribution in [2.75, 3.05) is 6.54 Å². The van der Waals surface area contributed by atoms with E-state index in [-0.39, 0.29) is 38.0 Å². The van der Waals surface area contributed by atoms with Gasteiger partial charge in [0, 0.05) is 6.42 Å². The van der Waals surface area contributed by atoms with E-state index in [1.54, 1.807) is 6.07 Å². The molecule has 2 aromatic heterocycles. The molecule has 3 atom stereocenters. The normalized spacial score (nSPS) is 24.6. The molecule has 3 fully saturated rings. The van der Waals surface area contributed by atoms with Crippen LogP contribution in [0.25, 0.3) is 11.2 Å². The van der Waals surface area contributed by atoms with Crippen LogP contribution in [0.3, 0.4) is 0 Å². The number of nitrogens with zero attached hydrogens (tertiary/aromatic N) is 2. The Balaban J connectivity index is 1.24. The van der Waals surface area contributed by atoms with Gasteiger partial charge < -0.3 is 25.5 Å². The number of benzene rings is 1. The molecule has 202 valence electrons. The number of aromatic amines is 1. The number of carbonyl (C=O) groups excluding carboxylic acids is 1. The van der Waals surface area contributed by atoms with Gasteiger partial charge in [-0.05, 0) is 74.1 Å². The Bertz CT molecular complexity index is 1270. The van der Waals surface area contributed by atoms with E-state index in [1.165, 1.54) is 0 Å². The summed E-state index contributed by atoms with van der Waals surface area (Å²) >= 11 is 0. The molecule has 0 radical (unpaired) electrons. The number of rotatable bonds is 9. The molecule has 0 bridgehead atoms. The second kappa shape index (κ2) is 10.2. The van der Waals surface area contributed by atoms with Crippen molar-refractivity contribution in [1.29, 1.82) is 0 Å². The summed E-state index contributed by atoms with van der Waals surface area (Å²) in [7, 11) is 0. The van der Waals surface area contributed by atoms with Gasteiger partial charge in [-0.1, -0.05) is 30.3 Å². The molecule has 3 heterocycles. The number of hydrogen-bond donors (Lipinski definition) is 4. The van der Waals surface area contributed by atoms with Crippen LogP contribution in [0.15, 0.2) is 42.5 Å². The number of nitrogens with one attached hydrogen (secondary N) is 3. The molecule has 1 aromatic carbocycles. The fourth-order valence-electron chi connectivity index (χ4n) is 5.80. The summed E-state index contributed by atoms with van der Waals surface area (Å²) in [6.07, 6.45) is 1.13. The first-order valence-electron chi connectivity index (χ1n) is 13.5. The van der Waals surface area contributed by atoms with Crippen LogP contribution in [-0.2, 0) is 11.3 Å². The third kappa shape index (κ3) is 5.37. The minimum absolute atomic E-state index is 0.00654. The lowest BCUT2D eigenvalue weighted by Crippen LogP contribution is -2.48. The molecule has 3 aromatic rings. The molecule has 8 nitrogen and oxygen atoms in total. The van der Waals surface area contributed by atoms with Gasteiger partial charge in [-0.25, -0.2) is 23.5 Å². The zero-order valence-corrected chi connectivity index (χ0v) is 21.1. The first-order valence-corrected chi connectivity index (χ1v) is 13.5. The van der Waals surface area contributed by atoms with Gasteiger partial charge >= 0.3 is 6.09 Å². The largest absolute Gasteiger partial charge is 0.445 e. The van der Waals surface area contributed by atoms with Gasteiger partial charge in [0.15, 0.2) is 5.65 Å². The van der Waals surface area contributed by atoms with E-state index in [1.807, 2.05) is 36.4 Å². The second-order valence-electron chi connectivity index (χ2n) is 11.0. The molecule has 6 rings (SSSR count). The van der Waals surface area contributed by atoms with Gasteiger partial charge in [0.25, 0.3) is 6.43 Å². The molecule has 38 heavy (non-hydrogen) atoms. The maximum absolute atomic E-state index is 13.5. The highest BCUT2D eigenvalue weighted by Gasteiger charge is 2.48. The van der Waals surface area contributed by atoms with E-state index in [4.69, 9.17) is 9.72 Å². The predicted molar refractivity (Wildman–Crippen MR) is 136 cm³/mol. The van der Waals surface area contributed by atoms with Crippen LogP contribution in [-0.4, -0.2) is 44.7 Å². The van der Waals surface area contributed by atoms with Gasteiger partial charge in [0.1, 0.15) is 18.0 Å². The zero-order valence-electron chi connectivity index (χ0n) is 21.1. The van der Waals surface area contributed by atoms with Crippen LogP contribution in [0, 0.1) is 17.8 Å². The fourth-order valence-corrected chi connectivity index (χ4v) is 5.80. The van der Waals surface area contributed by atoms with E-state index in [9.17, 15) is 18.7 Å². The minimum atomic E-state index is -2.82. The topological polar surface area (TPSA) is 112 Å². The average Bonchev–Trinajstić information content (AvgIpc) is 3.86. The summed E-state index contributed by atoms with van der Waals surface area (Å²) in [5, 5.41) is 16.6. The Morgan fingerprint density at radius 3 is 2.53 bits per heavy atom. The van der Waals surface area contributed by atoms with Gasteiger partial charge in [0.2, 0.25) is 0 Å². The monoisotopic (exact) mass is 525 g/mol. The van der Waals surface area contributed by atoms with Crippen molar-refractivity contribution in [1.82, 2.24) is 25.6 Å². The van der Waals surface area contributed by atoms with Crippen LogP contribution in [0.2, 0.25) is 0 Å². The summed E-state index contributed by atoms with van der Waals surface area (Å²) in [5.74, 6) is 1.97. The van der Waals surface area contributed by atoms with Crippen molar-refractivity contribution in [2.24, 2.45) is 17.8 Å². The van der Waals surface area contributed by atoms with Gasteiger partial charge in [-0.3, -0.25) is 0 Å². The molecular weight excluding hydrogens is 492 g/mol. The van der Waals surface area contributed by atoms with Crippen molar-refractivity contribution < 1.29 is 23.4 Å². The summed E-state index contributed by atoms with van der Waals surface area (Å²) in [6, 6.07) is 12.3. The van der Waals surface area contributed by atoms with E-state index < -0.39 is 24.2 Å². The fraction of sp³-hybridized carbons (Fsp3) is 0.536. The maximum atomic E-state index is 13.5. The lowest BCUT2D eigenvalue weighted by Gasteiger charge is -2.36. The number of H-pyrrole nitrogens is 1. The van der Waals surface area contributed by atoms with Gasteiger partial charge in [0.05, 0.1) is 23.3 Å². The molecule has 0 spiro atoms. The van der Waals surface area contributed by atoms with Crippen LogP contribution >= 0.6 is 0 Å². The number of aromatic nitrogens is 3. The molecule has 1 unspecified atom stereocenters. The third-order valence-corrected chi connectivity index (χ3v) is 8.15. The number of alkyl carbamates (subject to hydrolysis) is 1. The summed E-state index contributed by atoms with van der Waals surface area (Å²) in [6.45, 7) is 0.458. The van der Waals surface area contributed by atoms with Gasteiger partial charge in [-0.2, -0.15) is 0 Å². The number of hydrogen-bond acceptors (Lipinski definition) is 6. The molecule has 3 aliphatic rings. The number of fused-ring (bicyclic) bond motifs is 1. The quantitative estimate of drug-likeness (QED) is 0.320. The predicted octanol–water partition coefficient (Wildman–Crippen LogP) is 4.78. The molecule has 4 N–H and O–H groups in total. The maximum Gasteiger partial charge on any atom is 0.408 e. The molecule has 1 aliphatic heterocycles. The van der Waals surface area contributed by atoms with Crippen molar-refractivity contribution in [3.05, 3.63) is 59.5 Å². The van der Waals surface area contributed by atoms with Crippen LogP contribution < -0.4 is 10.6 Å². The molecule has 10 heteroatoms. The second-order valence-corrected chi connectivity index (χ2v) is 11.0. The van der Waals surface area contributed by atoms with E-state index in [0.29, 0.717) is 34.5 Å². The highest BCUT2D eigenvalue weighted by atomic mass is 19.3. The number of imidazole rings is 1. The molecular formula is C28H33F2N5O3. The van der Waals surface area contributed by atoms with Crippen molar-refractivity contribution in [3.8, 4) is 0 Å². The molecule has 1 saturated heterocycles. The molecule has 1 amide bonds. The zero-order chi connectivity index (χ0) is 26.3. The van der Waals surface area contributed by atoms with Crippen molar-refractivity contribution in [3.63, 3.8) is 0 Å². The van der Waals surface area contributed by atoms with E-state index in [0.717, 1.165) is 31.2 Å². The molecule has 2 aliphatic carbocycles. The lowest BCUT2D eigenvalue weighted by molar-refractivity contribution is -0.120. The number of aliphatic hydroxyl groups is 1. The number of alkyl halides is 2. The first kappa shape index (κ1) is 25.2. The van der Waals surface area contributed by atoms with Crippen LogP contribution in [0.1, 0.15) is 67.7 Å². The third-order valence-electron chi connectivity index (χ3n) is 8.15. The summed E-state index contributed by atoms with van der Waals surface area (Å²) in [5.41, 5.74) is 0.608. The highest BCUT2D eigenvalue weighted by molar-refractivity contribution is 5.72. The lowest BCUT2D eigenvalue weighted by atomic mass is 9.86. The highest BCUT2D eigenvalue weighted by Crippen LogP contribution is 2.54. The van der Waals surface area contributed by atoms with Crippen LogP contribution in [0.4, 0.5) is 13.6 Å². The van der Waals surface area contributed by atoms with Crippen molar-refractivity contribution in [2.45, 2.75) is 69.2 Å². The summed E-state index contributed by atoms with van der Waals surface area (Å²) in [4.78, 5) is 25.7. The SMILES string of the molecule is O=C(NC(c1nc2nc([C@@H]3C[C@@](O)(C(F)F)CCN3)ccc2[nH]1)C(C1CC1)C1CC1)OCc1ccccc1. The number of carbonyl (C=O) groups is 1. The summed E-state index contributed by atoms with van der Waals surface area (Å²) < 4.78 is 32.4. The Labute approximate surface area is 219 Å². The Hall–Kier alpha value is -3.11. The minimum Gasteiger partial charge on any atom is -0.445 e. The van der Waals surface area contributed by atoms with Crippen molar-refractivity contribution >= 4 is 17.3 Å². The van der Waals surface area contributed by atoms with Gasteiger partial charge in [-0.15, -0.1) is 0 Å². The average molecular weight is 526 g/mol. The Kier molecular flexibility index (Phi) is 6.77. The smallest absolute Gasteiger partial charge is 0.408 e. The first-order chi connectivity index (χ1) is 18.4.